The van der Waals surface area contributed by atoms with Crippen molar-refractivity contribution in [2.24, 2.45) is 5.73 Å². The van der Waals surface area contributed by atoms with Crippen molar-refractivity contribution >= 4 is 5.97 Å². The number of esters is 1. The number of carbonyl (C=O) groups is 1. The quantitative estimate of drug-likeness (QED) is 0.0928. The molecule has 2 heterocycles. The zero-order valence-corrected chi connectivity index (χ0v) is 20.0. The van der Waals surface area contributed by atoms with E-state index in [0.717, 1.165) is 32.1 Å². The first kappa shape index (κ1) is 30.3. The predicted molar refractivity (Wildman–Crippen MR) is 118 cm³/mol. The summed E-state index contributed by atoms with van der Waals surface area (Å²) in [7, 11) is 1.35. The van der Waals surface area contributed by atoms with Crippen molar-refractivity contribution in [2.75, 3.05) is 20.3 Å². The molecule has 2 aliphatic rings. The van der Waals surface area contributed by atoms with Crippen LogP contribution in [0, 0.1) is 0 Å². The lowest BCUT2D eigenvalue weighted by atomic mass is 9.87. The highest BCUT2D eigenvalue weighted by Gasteiger charge is 2.54. The molecule has 0 aliphatic carbocycles. The van der Waals surface area contributed by atoms with Gasteiger partial charge in [0.2, 0.25) is 0 Å². The number of nitrogens with two attached hydrogens (primary N) is 1. The lowest BCUT2D eigenvalue weighted by Gasteiger charge is -2.49. The molecule has 0 radical (unpaired) electrons. The summed E-state index contributed by atoms with van der Waals surface area (Å²) < 4.78 is 21.1. The maximum atomic E-state index is 11.1. The molecule has 0 unspecified atom stereocenters. The SMILES string of the molecule is COC(=O)CCCCCCCC[C@@]1(O)O[C@H](CO)[C@@H](O[C@@H]2O[C@H](CO)[C@H](O)[C@H](O)[C@H]2O)[C@H](O)[C@H]1N. The molecule has 0 saturated carbocycles. The highest BCUT2D eigenvalue weighted by atomic mass is 16.7. The van der Waals surface area contributed by atoms with Crippen LogP contribution in [0.4, 0.5) is 0 Å². The average Bonchev–Trinajstić information content (AvgIpc) is 2.85. The molecular formula is C22H41NO12. The molecule has 2 rings (SSSR count). The van der Waals surface area contributed by atoms with Gasteiger partial charge in [-0.3, -0.25) is 4.79 Å². The van der Waals surface area contributed by atoms with E-state index in [-0.39, 0.29) is 12.4 Å². The second kappa shape index (κ2) is 14.1. The number of methoxy groups -OCH3 is 1. The Kier molecular flexibility index (Phi) is 12.2. The van der Waals surface area contributed by atoms with Gasteiger partial charge in [-0.05, 0) is 12.8 Å². The van der Waals surface area contributed by atoms with Crippen LogP contribution in [0.15, 0.2) is 0 Å². The Morgan fingerprint density at radius 3 is 2.09 bits per heavy atom. The van der Waals surface area contributed by atoms with Crippen LogP contribution >= 0.6 is 0 Å². The number of ether oxygens (including phenoxy) is 4. The Morgan fingerprint density at radius 2 is 1.49 bits per heavy atom. The Balaban J connectivity index is 1.88. The number of hydrogen-bond acceptors (Lipinski definition) is 13. The van der Waals surface area contributed by atoms with Crippen molar-refractivity contribution in [3.8, 4) is 0 Å². The van der Waals surface area contributed by atoms with E-state index in [4.69, 9.17) is 19.9 Å². The van der Waals surface area contributed by atoms with Crippen molar-refractivity contribution < 1.29 is 59.5 Å². The Hall–Kier alpha value is -0.970. The summed E-state index contributed by atoms with van der Waals surface area (Å²) in [6.07, 6.45) is -6.76. The molecule has 13 nitrogen and oxygen atoms in total. The summed E-state index contributed by atoms with van der Waals surface area (Å²) in [5.74, 6) is -2.17. The van der Waals surface area contributed by atoms with E-state index >= 15 is 0 Å². The van der Waals surface area contributed by atoms with E-state index in [1.165, 1.54) is 7.11 Å². The summed E-state index contributed by atoms with van der Waals surface area (Å²) >= 11 is 0. The fourth-order valence-electron chi connectivity index (χ4n) is 4.43. The fraction of sp³-hybridized carbons (Fsp3) is 0.955. The third kappa shape index (κ3) is 7.76. The van der Waals surface area contributed by atoms with Gasteiger partial charge in [0.15, 0.2) is 12.1 Å². The van der Waals surface area contributed by atoms with Gasteiger partial charge in [-0.15, -0.1) is 0 Å². The van der Waals surface area contributed by atoms with E-state index in [9.17, 15) is 40.5 Å². The van der Waals surface area contributed by atoms with Gasteiger partial charge in [0, 0.05) is 12.8 Å². The van der Waals surface area contributed by atoms with E-state index in [2.05, 4.69) is 4.74 Å². The van der Waals surface area contributed by atoms with Gasteiger partial charge < -0.3 is 60.4 Å². The zero-order chi connectivity index (χ0) is 26.2. The summed E-state index contributed by atoms with van der Waals surface area (Å²) in [5, 5.41) is 70.9. The Labute approximate surface area is 204 Å². The highest BCUT2D eigenvalue weighted by molar-refractivity contribution is 5.68. The monoisotopic (exact) mass is 511 g/mol. The van der Waals surface area contributed by atoms with Crippen LogP contribution in [0.25, 0.3) is 0 Å². The first-order valence-corrected chi connectivity index (χ1v) is 12.1. The number of hydrogen-bond donors (Lipinski definition) is 8. The molecule has 206 valence electrons. The third-order valence-electron chi connectivity index (χ3n) is 6.66. The van der Waals surface area contributed by atoms with Crippen LogP contribution in [0.1, 0.15) is 51.4 Å². The van der Waals surface area contributed by atoms with E-state index in [1.54, 1.807) is 0 Å². The molecule has 0 bridgehead atoms. The van der Waals surface area contributed by atoms with Crippen LogP contribution in [-0.4, -0.2) is 123 Å². The number of aliphatic hydroxyl groups excluding tert-OH is 6. The lowest BCUT2D eigenvalue weighted by molar-refractivity contribution is -0.365. The maximum Gasteiger partial charge on any atom is 0.305 e. The second-order valence-electron chi connectivity index (χ2n) is 9.20. The first-order chi connectivity index (χ1) is 16.6. The van der Waals surface area contributed by atoms with Crippen molar-refractivity contribution in [1.82, 2.24) is 0 Å². The minimum Gasteiger partial charge on any atom is -0.469 e. The largest absolute Gasteiger partial charge is 0.469 e. The van der Waals surface area contributed by atoms with Crippen molar-refractivity contribution in [2.45, 2.75) is 112 Å². The van der Waals surface area contributed by atoms with E-state index in [0.29, 0.717) is 12.8 Å². The molecule has 0 amide bonds. The summed E-state index contributed by atoms with van der Waals surface area (Å²) in [4.78, 5) is 11.1. The molecule has 2 fully saturated rings. The van der Waals surface area contributed by atoms with Gasteiger partial charge in [-0.2, -0.15) is 0 Å². The molecule has 35 heavy (non-hydrogen) atoms. The number of carbonyl (C=O) groups excluding carboxylic acids is 1. The van der Waals surface area contributed by atoms with Gasteiger partial charge in [0.25, 0.3) is 0 Å². The van der Waals surface area contributed by atoms with Crippen molar-refractivity contribution in [3.63, 3.8) is 0 Å². The van der Waals surface area contributed by atoms with Crippen LogP contribution in [0.5, 0.6) is 0 Å². The number of rotatable bonds is 13. The molecule has 13 heteroatoms. The average molecular weight is 512 g/mol. The number of aliphatic hydroxyl groups is 7. The van der Waals surface area contributed by atoms with E-state index < -0.39 is 74.1 Å². The van der Waals surface area contributed by atoms with Gasteiger partial charge >= 0.3 is 5.97 Å². The van der Waals surface area contributed by atoms with Crippen LogP contribution in [0.3, 0.4) is 0 Å². The van der Waals surface area contributed by atoms with E-state index in [1.807, 2.05) is 0 Å². The van der Waals surface area contributed by atoms with Gasteiger partial charge in [0.1, 0.15) is 42.7 Å². The molecule has 10 atom stereocenters. The molecule has 0 aromatic rings. The standard InChI is InChI=1S/C22H41NO12/c1-32-14(26)8-6-4-2-3-5-7-9-22(31)20(23)18(30)19(13(11-25)35-22)34-21-17(29)16(28)15(27)12(10-24)33-21/h12-13,15-21,24-25,27-31H,2-11,23H2,1H3/t12-,13-,15+,16+,17-,18+,19-,20-,21+,22-/m1/s1. The first-order valence-electron chi connectivity index (χ1n) is 12.1. The van der Waals surface area contributed by atoms with Crippen molar-refractivity contribution in [1.29, 1.82) is 0 Å². The number of unbranched alkanes of at least 4 members (excludes halogenated alkanes) is 5. The molecule has 2 saturated heterocycles. The summed E-state index contributed by atoms with van der Waals surface area (Å²) in [6.45, 7) is -1.32. The smallest absolute Gasteiger partial charge is 0.305 e. The second-order valence-corrected chi connectivity index (χ2v) is 9.20. The minimum absolute atomic E-state index is 0.0939. The van der Waals surface area contributed by atoms with Crippen LogP contribution < -0.4 is 5.73 Å². The highest BCUT2D eigenvalue weighted by Crippen LogP contribution is 2.34. The third-order valence-corrected chi connectivity index (χ3v) is 6.66. The molecule has 0 spiro atoms. The predicted octanol–water partition coefficient (Wildman–Crippen LogP) is -2.77. The summed E-state index contributed by atoms with van der Waals surface area (Å²) in [5.41, 5.74) is 6.07. The lowest BCUT2D eigenvalue weighted by Crippen LogP contribution is -2.70. The van der Waals surface area contributed by atoms with Gasteiger partial charge in [-0.25, -0.2) is 0 Å². The normalized spacial score (nSPS) is 40.0. The van der Waals surface area contributed by atoms with Crippen LogP contribution in [0.2, 0.25) is 0 Å². The Bertz CT molecular complexity index is 638. The Morgan fingerprint density at radius 1 is 0.886 bits per heavy atom. The van der Waals surface area contributed by atoms with Crippen molar-refractivity contribution in [3.05, 3.63) is 0 Å². The topological polar surface area (TPSA) is 222 Å². The molecule has 2 aliphatic heterocycles. The minimum atomic E-state index is -1.94. The fourth-order valence-corrected chi connectivity index (χ4v) is 4.43. The van der Waals surface area contributed by atoms with Gasteiger partial charge in [0.05, 0.1) is 26.4 Å². The molecular weight excluding hydrogens is 470 g/mol. The molecule has 0 aromatic heterocycles. The van der Waals surface area contributed by atoms with Gasteiger partial charge in [-0.1, -0.05) is 25.7 Å². The summed E-state index contributed by atoms with van der Waals surface area (Å²) in [6, 6.07) is -1.32. The maximum absolute atomic E-state index is 11.1. The molecule has 9 N–H and O–H groups in total. The van der Waals surface area contributed by atoms with Crippen LogP contribution in [-0.2, 0) is 23.7 Å². The zero-order valence-electron chi connectivity index (χ0n) is 20.0. The molecule has 0 aromatic carbocycles.